The van der Waals surface area contributed by atoms with Crippen LogP contribution in [0.15, 0.2) is 48.5 Å². The van der Waals surface area contributed by atoms with E-state index in [2.05, 4.69) is 0 Å². The van der Waals surface area contributed by atoms with Crippen molar-refractivity contribution in [2.75, 3.05) is 27.8 Å². The van der Waals surface area contributed by atoms with Crippen molar-refractivity contribution >= 4 is 5.91 Å². The van der Waals surface area contributed by atoms with Gasteiger partial charge in [0.1, 0.15) is 6.10 Å². The molecule has 26 heavy (non-hydrogen) atoms. The van der Waals surface area contributed by atoms with Crippen molar-refractivity contribution in [2.24, 2.45) is 0 Å². The van der Waals surface area contributed by atoms with Crippen LogP contribution in [-0.2, 0) is 22.6 Å². The number of ether oxygens (including phenoxy) is 3. The van der Waals surface area contributed by atoms with Crippen LogP contribution < -0.4 is 9.47 Å². The maximum atomic E-state index is 12.5. The molecule has 0 aliphatic carbocycles. The summed E-state index contributed by atoms with van der Waals surface area (Å²) in [5.74, 6) is 1.36. The van der Waals surface area contributed by atoms with Crippen molar-refractivity contribution in [1.29, 1.82) is 0 Å². The van der Waals surface area contributed by atoms with Crippen LogP contribution in [0.5, 0.6) is 11.5 Å². The molecular formula is C21H27NO4. The molecule has 0 aliphatic heterocycles. The third-order valence-corrected chi connectivity index (χ3v) is 4.25. The molecule has 5 nitrogen and oxygen atoms in total. The Morgan fingerprint density at radius 2 is 1.69 bits per heavy atom. The van der Waals surface area contributed by atoms with Crippen LogP contribution in [0.4, 0.5) is 0 Å². The van der Waals surface area contributed by atoms with Gasteiger partial charge in [0.05, 0.1) is 20.8 Å². The highest BCUT2D eigenvalue weighted by atomic mass is 16.5. The van der Waals surface area contributed by atoms with Gasteiger partial charge in [-0.2, -0.15) is 0 Å². The zero-order chi connectivity index (χ0) is 18.9. The first-order chi connectivity index (χ1) is 12.5. The molecule has 2 rings (SSSR count). The standard InChI is InChI=1S/C21H27NO4/c1-16(26-15-18-8-6-5-7-9-18)21(23)22(2)13-12-17-10-11-19(24-3)20(14-17)25-4/h5-11,14,16H,12-13,15H2,1-4H3. The van der Waals surface area contributed by atoms with Gasteiger partial charge in [-0.25, -0.2) is 0 Å². The van der Waals surface area contributed by atoms with E-state index in [-0.39, 0.29) is 5.91 Å². The van der Waals surface area contributed by atoms with Crippen molar-refractivity contribution < 1.29 is 19.0 Å². The van der Waals surface area contributed by atoms with Crippen molar-refractivity contribution in [2.45, 2.75) is 26.1 Å². The molecule has 0 saturated carbocycles. The molecule has 0 saturated heterocycles. The molecule has 1 amide bonds. The molecule has 0 spiro atoms. The molecule has 1 atom stereocenters. The fourth-order valence-electron chi connectivity index (χ4n) is 2.62. The zero-order valence-electron chi connectivity index (χ0n) is 15.9. The van der Waals surface area contributed by atoms with Gasteiger partial charge >= 0.3 is 0 Å². The highest BCUT2D eigenvalue weighted by Crippen LogP contribution is 2.27. The summed E-state index contributed by atoms with van der Waals surface area (Å²) in [6.45, 7) is 2.82. The fourth-order valence-corrected chi connectivity index (χ4v) is 2.62. The number of carbonyl (C=O) groups excluding carboxylic acids is 1. The predicted octanol–water partition coefficient (Wildman–Crippen LogP) is 3.31. The number of rotatable bonds is 9. The molecule has 2 aromatic rings. The molecule has 0 bridgehead atoms. The average Bonchev–Trinajstić information content (AvgIpc) is 2.70. The van der Waals surface area contributed by atoms with E-state index in [1.165, 1.54) is 0 Å². The second-order valence-electron chi connectivity index (χ2n) is 6.14. The quantitative estimate of drug-likeness (QED) is 0.691. The van der Waals surface area contributed by atoms with Gasteiger partial charge in [0.15, 0.2) is 11.5 Å². The van der Waals surface area contributed by atoms with Crippen molar-refractivity contribution in [3.63, 3.8) is 0 Å². The molecule has 0 aromatic heterocycles. The maximum absolute atomic E-state index is 12.5. The second-order valence-corrected chi connectivity index (χ2v) is 6.14. The van der Waals surface area contributed by atoms with Crippen LogP contribution in [0.3, 0.4) is 0 Å². The summed E-state index contributed by atoms with van der Waals surface area (Å²) in [7, 11) is 5.02. The Morgan fingerprint density at radius 1 is 1.00 bits per heavy atom. The van der Waals surface area contributed by atoms with Crippen LogP contribution in [-0.4, -0.2) is 44.7 Å². The lowest BCUT2D eigenvalue weighted by molar-refractivity contribution is -0.142. The Bertz CT molecular complexity index is 702. The average molecular weight is 357 g/mol. The SMILES string of the molecule is COc1ccc(CCN(C)C(=O)C(C)OCc2ccccc2)cc1OC. The predicted molar refractivity (Wildman–Crippen MR) is 102 cm³/mol. The van der Waals surface area contributed by atoms with Crippen LogP contribution in [0.2, 0.25) is 0 Å². The molecule has 1 unspecified atom stereocenters. The van der Waals surface area contributed by atoms with E-state index in [1.54, 1.807) is 33.1 Å². The Hall–Kier alpha value is -2.53. The Balaban J connectivity index is 1.84. The molecule has 0 fully saturated rings. The summed E-state index contributed by atoms with van der Waals surface area (Å²) < 4.78 is 16.3. The van der Waals surface area contributed by atoms with E-state index in [0.29, 0.717) is 24.7 Å². The number of nitrogens with zero attached hydrogens (tertiary/aromatic N) is 1. The Labute approximate surface area is 155 Å². The summed E-state index contributed by atoms with van der Waals surface area (Å²) in [5.41, 5.74) is 2.14. The van der Waals surface area contributed by atoms with E-state index in [1.807, 2.05) is 48.5 Å². The normalized spacial score (nSPS) is 11.7. The first-order valence-corrected chi connectivity index (χ1v) is 8.66. The molecular weight excluding hydrogens is 330 g/mol. The summed E-state index contributed by atoms with van der Waals surface area (Å²) in [4.78, 5) is 14.2. The lowest BCUT2D eigenvalue weighted by Crippen LogP contribution is -2.37. The van der Waals surface area contributed by atoms with E-state index >= 15 is 0 Å². The molecule has 140 valence electrons. The lowest BCUT2D eigenvalue weighted by atomic mass is 10.1. The van der Waals surface area contributed by atoms with Gasteiger partial charge in [-0.1, -0.05) is 36.4 Å². The maximum Gasteiger partial charge on any atom is 0.251 e. The van der Waals surface area contributed by atoms with E-state index < -0.39 is 6.10 Å². The number of benzene rings is 2. The van der Waals surface area contributed by atoms with Crippen molar-refractivity contribution in [3.8, 4) is 11.5 Å². The number of methoxy groups -OCH3 is 2. The fraction of sp³-hybridized carbons (Fsp3) is 0.381. The molecule has 0 aliphatic rings. The molecule has 0 radical (unpaired) electrons. The minimum absolute atomic E-state index is 0.0265. The molecule has 0 heterocycles. The minimum atomic E-state index is -0.481. The molecule has 0 N–H and O–H groups in total. The highest BCUT2D eigenvalue weighted by molar-refractivity contribution is 5.80. The van der Waals surface area contributed by atoms with Crippen LogP contribution >= 0.6 is 0 Å². The van der Waals surface area contributed by atoms with Crippen LogP contribution in [0.25, 0.3) is 0 Å². The number of hydrogen-bond acceptors (Lipinski definition) is 4. The first kappa shape index (κ1) is 19.8. The number of hydrogen-bond donors (Lipinski definition) is 0. The third-order valence-electron chi connectivity index (χ3n) is 4.25. The smallest absolute Gasteiger partial charge is 0.251 e. The van der Waals surface area contributed by atoms with Crippen molar-refractivity contribution in [1.82, 2.24) is 4.90 Å². The van der Waals surface area contributed by atoms with E-state index in [4.69, 9.17) is 14.2 Å². The highest BCUT2D eigenvalue weighted by Gasteiger charge is 2.18. The Morgan fingerprint density at radius 3 is 2.35 bits per heavy atom. The zero-order valence-corrected chi connectivity index (χ0v) is 15.9. The van der Waals surface area contributed by atoms with Gasteiger partial charge in [-0.05, 0) is 36.6 Å². The van der Waals surface area contributed by atoms with E-state index in [9.17, 15) is 4.79 Å². The number of amides is 1. The second kappa shape index (κ2) is 9.82. The van der Waals surface area contributed by atoms with Gasteiger partial charge in [0, 0.05) is 13.6 Å². The van der Waals surface area contributed by atoms with Crippen LogP contribution in [0, 0.1) is 0 Å². The number of likely N-dealkylation sites (N-methyl/N-ethyl adjacent to an activating group) is 1. The summed E-state index contributed by atoms with van der Waals surface area (Å²) >= 11 is 0. The summed E-state index contributed by atoms with van der Waals surface area (Å²) in [6.07, 6.45) is 0.249. The van der Waals surface area contributed by atoms with Gasteiger partial charge in [0.2, 0.25) is 0 Å². The molecule has 5 heteroatoms. The Kier molecular flexibility index (Phi) is 7.48. The lowest BCUT2D eigenvalue weighted by Gasteiger charge is -2.22. The van der Waals surface area contributed by atoms with E-state index in [0.717, 1.165) is 17.5 Å². The minimum Gasteiger partial charge on any atom is -0.493 e. The van der Waals surface area contributed by atoms with Gasteiger partial charge in [-0.15, -0.1) is 0 Å². The van der Waals surface area contributed by atoms with Gasteiger partial charge in [-0.3, -0.25) is 4.79 Å². The summed E-state index contributed by atoms with van der Waals surface area (Å²) in [5, 5.41) is 0. The van der Waals surface area contributed by atoms with Crippen LogP contribution in [0.1, 0.15) is 18.1 Å². The summed E-state index contributed by atoms with van der Waals surface area (Å²) in [6, 6.07) is 15.6. The van der Waals surface area contributed by atoms with Gasteiger partial charge in [0.25, 0.3) is 5.91 Å². The topological polar surface area (TPSA) is 48.0 Å². The third kappa shape index (κ3) is 5.49. The van der Waals surface area contributed by atoms with Crippen molar-refractivity contribution in [3.05, 3.63) is 59.7 Å². The largest absolute Gasteiger partial charge is 0.493 e. The molecule has 2 aromatic carbocycles. The van der Waals surface area contributed by atoms with Gasteiger partial charge < -0.3 is 19.1 Å². The number of carbonyl (C=O) groups is 1. The first-order valence-electron chi connectivity index (χ1n) is 8.66. The monoisotopic (exact) mass is 357 g/mol.